The predicted molar refractivity (Wildman–Crippen MR) is 74.3 cm³/mol. The van der Waals surface area contributed by atoms with E-state index in [1.807, 2.05) is 0 Å². The number of carbonyl (C=O) groups is 2. The minimum Gasteiger partial charge on any atom is -0.479 e. The second-order valence-corrected chi connectivity index (χ2v) is 4.91. The maximum atomic E-state index is 12.2. The van der Waals surface area contributed by atoms with E-state index in [2.05, 4.69) is 0 Å². The van der Waals surface area contributed by atoms with Crippen molar-refractivity contribution in [3.05, 3.63) is 28.8 Å². The summed E-state index contributed by atoms with van der Waals surface area (Å²) < 4.78 is 10.8. The molecule has 0 radical (unpaired) electrons. The van der Waals surface area contributed by atoms with Gasteiger partial charge in [-0.3, -0.25) is 9.59 Å². The lowest BCUT2D eigenvalue weighted by Gasteiger charge is -2.29. The van der Waals surface area contributed by atoms with Crippen LogP contribution in [0.2, 0.25) is 5.02 Å². The Morgan fingerprint density at radius 2 is 2.15 bits per heavy atom. The Balaban J connectivity index is 2.01. The Labute approximate surface area is 122 Å². The number of morpholine rings is 1. The lowest BCUT2D eigenvalue weighted by Crippen LogP contribution is -2.46. The van der Waals surface area contributed by atoms with Crippen molar-refractivity contribution in [1.82, 2.24) is 4.90 Å². The van der Waals surface area contributed by atoms with E-state index in [4.69, 9.17) is 21.1 Å². The minimum absolute atomic E-state index is 0.0937. The van der Waals surface area contributed by atoms with Crippen molar-refractivity contribution < 1.29 is 19.1 Å². The molecule has 1 saturated heterocycles. The first-order valence-electron chi connectivity index (χ1n) is 6.39. The summed E-state index contributed by atoms with van der Waals surface area (Å²) in [6.07, 6.45) is 0.0745. The quantitative estimate of drug-likeness (QED) is 0.795. The van der Waals surface area contributed by atoms with Crippen LogP contribution in [-0.2, 0) is 9.53 Å². The molecule has 1 aliphatic heterocycles. The van der Waals surface area contributed by atoms with Crippen LogP contribution in [0.5, 0.6) is 5.75 Å². The highest BCUT2D eigenvalue weighted by atomic mass is 35.5. The number of rotatable bonds is 4. The summed E-state index contributed by atoms with van der Waals surface area (Å²) >= 11 is 6.01. The van der Waals surface area contributed by atoms with Crippen molar-refractivity contribution in [3.8, 4) is 5.75 Å². The molecule has 1 fully saturated rings. The number of benzene rings is 1. The molecule has 20 heavy (non-hydrogen) atoms. The first-order valence-corrected chi connectivity index (χ1v) is 6.77. The zero-order valence-corrected chi connectivity index (χ0v) is 11.9. The number of nitrogens with zero attached hydrogens (tertiary/aromatic N) is 1. The van der Waals surface area contributed by atoms with Crippen LogP contribution in [0.4, 0.5) is 0 Å². The number of hydrogen-bond donors (Lipinski definition) is 0. The molecular weight excluding hydrogens is 282 g/mol. The molecule has 0 bridgehead atoms. The fourth-order valence-corrected chi connectivity index (χ4v) is 2.20. The average Bonchev–Trinajstić information content (AvgIpc) is 2.49. The summed E-state index contributed by atoms with van der Waals surface area (Å²) in [6.45, 7) is 3.93. The van der Waals surface area contributed by atoms with E-state index in [1.165, 1.54) is 6.07 Å². The standard InChI is InChI=1S/C14H16ClNO4/c1-10(14(18)16-4-6-19-7-5-16)20-13-3-2-11(9-17)8-12(13)15/h2-3,8-10H,4-7H2,1H3. The van der Waals surface area contributed by atoms with Crippen molar-refractivity contribution in [2.24, 2.45) is 0 Å². The number of aldehydes is 1. The van der Waals surface area contributed by atoms with Gasteiger partial charge in [0.25, 0.3) is 5.91 Å². The number of amides is 1. The normalized spacial score (nSPS) is 16.6. The van der Waals surface area contributed by atoms with E-state index in [0.29, 0.717) is 48.9 Å². The van der Waals surface area contributed by atoms with Gasteiger partial charge in [0.05, 0.1) is 18.2 Å². The molecule has 0 N–H and O–H groups in total. The van der Waals surface area contributed by atoms with Crippen molar-refractivity contribution in [2.75, 3.05) is 26.3 Å². The van der Waals surface area contributed by atoms with Crippen molar-refractivity contribution >= 4 is 23.8 Å². The molecule has 1 amide bonds. The fourth-order valence-electron chi connectivity index (χ4n) is 1.97. The zero-order valence-electron chi connectivity index (χ0n) is 11.2. The Hall–Kier alpha value is -1.59. The van der Waals surface area contributed by atoms with Crippen LogP contribution in [0.3, 0.4) is 0 Å². The predicted octanol–water partition coefficient (Wildman–Crippen LogP) is 1.78. The maximum Gasteiger partial charge on any atom is 0.263 e. The molecule has 1 unspecified atom stereocenters. The lowest BCUT2D eigenvalue weighted by atomic mass is 10.2. The van der Waals surface area contributed by atoms with Crippen LogP contribution < -0.4 is 4.74 Å². The van der Waals surface area contributed by atoms with Gasteiger partial charge in [-0.25, -0.2) is 0 Å². The summed E-state index contributed by atoms with van der Waals surface area (Å²) in [7, 11) is 0. The Morgan fingerprint density at radius 3 is 2.75 bits per heavy atom. The molecule has 1 aromatic rings. The van der Waals surface area contributed by atoms with Crippen LogP contribution in [-0.4, -0.2) is 49.5 Å². The van der Waals surface area contributed by atoms with Gasteiger partial charge in [-0.2, -0.15) is 0 Å². The largest absolute Gasteiger partial charge is 0.479 e. The number of ether oxygens (including phenoxy) is 2. The van der Waals surface area contributed by atoms with Gasteiger partial charge < -0.3 is 14.4 Å². The molecule has 108 valence electrons. The van der Waals surface area contributed by atoms with E-state index in [9.17, 15) is 9.59 Å². The topological polar surface area (TPSA) is 55.8 Å². The van der Waals surface area contributed by atoms with Crippen molar-refractivity contribution in [2.45, 2.75) is 13.0 Å². The molecular formula is C14H16ClNO4. The highest BCUT2D eigenvalue weighted by molar-refractivity contribution is 6.32. The van der Waals surface area contributed by atoms with E-state index in [0.717, 1.165) is 0 Å². The molecule has 2 rings (SSSR count). The van der Waals surface area contributed by atoms with Crippen molar-refractivity contribution in [3.63, 3.8) is 0 Å². The van der Waals surface area contributed by atoms with Gasteiger partial charge in [-0.1, -0.05) is 11.6 Å². The van der Waals surface area contributed by atoms with Crippen molar-refractivity contribution in [1.29, 1.82) is 0 Å². The fraction of sp³-hybridized carbons (Fsp3) is 0.429. The van der Waals surface area contributed by atoms with Gasteiger partial charge in [-0.05, 0) is 25.1 Å². The molecule has 6 heteroatoms. The highest BCUT2D eigenvalue weighted by Gasteiger charge is 2.24. The summed E-state index contributed by atoms with van der Waals surface area (Å²) in [5, 5.41) is 0.316. The minimum atomic E-state index is -0.632. The number of hydrogen-bond acceptors (Lipinski definition) is 4. The molecule has 1 atom stereocenters. The summed E-state index contributed by atoms with van der Waals surface area (Å²) in [4.78, 5) is 24.5. The monoisotopic (exact) mass is 297 g/mol. The maximum absolute atomic E-state index is 12.2. The number of carbonyl (C=O) groups excluding carboxylic acids is 2. The van der Waals surface area contributed by atoms with Crippen LogP contribution in [0.15, 0.2) is 18.2 Å². The third-order valence-corrected chi connectivity index (χ3v) is 3.36. The molecule has 0 aliphatic carbocycles. The van der Waals surface area contributed by atoms with Gasteiger partial charge in [-0.15, -0.1) is 0 Å². The number of halogens is 1. The van der Waals surface area contributed by atoms with E-state index in [-0.39, 0.29) is 5.91 Å². The summed E-state index contributed by atoms with van der Waals surface area (Å²) in [6, 6.07) is 4.70. The average molecular weight is 298 g/mol. The zero-order chi connectivity index (χ0) is 14.5. The highest BCUT2D eigenvalue weighted by Crippen LogP contribution is 2.26. The summed E-state index contributed by atoms with van der Waals surface area (Å²) in [5.41, 5.74) is 0.467. The van der Waals surface area contributed by atoms with Crippen LogP contribution in [0.25, 0.3) is 0 Å². The molecule has 0 spiro atoms. The molecule has 1 aromatic carbocycles. The SMILES string of the molecule is CC(Oc1ccc(C=O)cc1Cl)C(=O)N1CCOCC1. The van der Waals surface area contributed by atoms with Gasteiger partial charge in [0.1, 0.15) is 12.0 Å². The van der Waals surface area contributed by atoms with E-state index >= 15 is 0 Å². The van der Waals surface area contributed by atoms with Gasteiger partial charge in [0, 0.05) is 18.7 Å². The molecule has 1 aliphatic rings. The Morgan fingerprint density at radius 1 is 1.45 bits per heavy atom. The molecule has 5 nitrogen and oxygen atoms in total. The third-order valence-electron chi connectivity index (χ3n) is 3.07. The van der Waals surface area contributed by atoms with Gasteiger partial charge >= 0.3 is 0 Å². The van der Waals surface area contributed by atoms with Crippen LogP contribution >= 0.6 is 11.6 Å². The van der Waals surface area contributed by atoms with E-state index < -0.39 is 6.10 Å². The lowest BCUT2D eigenvalue weighted by molar-refractivity contribution is -0.142. The first kappa shape index (κ1) is 14.8. The van der Waals surface area contributed by atoms with Gasteiger partial charge in [0.15, 0.2) is 6.10 Å². The first-order chi connectivity index (χ1) is 9.61. The molecule has 1 heterocycles. The smallest absolute Gasteiger partial charge is 0.263 e. The molecule has 0 aromatic heterocycles. The van der Waals surface area contributed by atoms with Crippen LogP contribution in [0.1, 0.15) is 17.3 Å². The second-order valence-electron chi connectivity index (χ2n) is 4.51. The van der Waals surface area contributed by atoms with Gasteiger partial charge in [0.2, 0.25) is 0 Å². The Kier molecular flexibility index (Phi) is 4.98. The van der Waals surface area contributed by atoms with E-state index in [1.54, 1.807) is 24.0 Å². The second kappa shape index (κ2) is 6.72. The summed E-state index contributed by atoms with van der Waals surface area (Å²) in [5.74, 6) is 0.301. The molecule has 0 saturated carbocycles. The van der Waals surface area contributed by atoms with Crippen LogP contribution in [0, 0.1) is 0 Å². The third kappa shape index (κ3) is 3.49. The Bertz CT molecular complexity index is 500.